The Labute approximate surface area is 174 Å². The van der Waals surface area contributed by atoms with E-state index >= 15 is 0 Å². The Morgan fingerprint density at radius 3 is 1.97 bits per heavy atom. The zero-order chi connectivity index (χ0) is 21.1. The van der Waals surface area contributed by atoms with Crippen LogP contribution in [0.25, 0.3) is 0 Å². The minimum absolute atomic E-state index is 0.171. The second-order valence-corrected chi connectivity index (χ2v) is 13.0. The van der Waals surface area contributed by atoms with Crippen LogP contribution in [-0.4, -0.2) is 56.8 Å². The maximum absolute atomic E-state index is 10.9. The molecule has 1 heterocycles. The molecule has 6 heteroatoms. The summed E-state index contributed by atoms with van der Waals surface area (Å²) in [7, 11) is -1.20. The van der Waals surface area contributed by atoms with Gasteiger partial charge >= 0.3 is 0 Å². The molecule has 3 atom stereocenters. The average Bonchev–Trinajstić information content (AvgIpc) is 3.05. The number of aliphatic hydroxyl groups is 2. The molecule has 0 spiro atoms. The van der Waals surface area contributed by atoms with E-state index in [1.54, 1.807) is 0 Å². The van der Waals surface area contributed by atoms with Crippen molar-refractivity contribution in [1.29, 1.82) is 0 Å². The van der Waals surface area contributed by atoms with E-state index < -0.39 is 32.9 Å². The van der Waals surface area contributed by atoms with Gasteiger partial charge in [-0.25, -0.2) is 0 Å². The third-order valence-corrected chi connectivity index (χ3v) is 10.8. The Morgan fingerprint density at radius 1 is 1.03 bits per heavy atom. The van der Waals surface area contributed by atoms with E-state index in [2.05, 4.69) is 45.0 Å². The van der Waals surface area contributed by atoms with Crippen molar-refractivity contribution in [1.82, 2.24) is 0 Å². The lowest BCUT2D eigenvalue weighted by molar-refractivity contribution is -0.137. The Morgan fingerprint density at radius 2 is 1.55 bits per heavy atom. The topological polar surface area (TPSA) is 68.2 Å². The molecular weight excluding hydrogens is 384 g/mol. The standard InChI is InChI=1S/C23H32O5Si/c1-22(2,3)29(18-11-7-5-8-12-18,19-13-9-6-10-14-19)27-16-20-23(25,17-24)15-21(26-4)28-20/h5-14,20-21,24-25H,15-17H2,1-4H3/t20-,21+,23+/m1/s1. The fraction of sp³-hybridized carbons (Fsp3) is 0.478. The zero-order valence-corrected chi connectivity index (χ0v) is 18.7. The Bertz CT molecular complexity index is 737. The zero-order valence-electron chi connectivity index (χ0n) is 17.7. The molecule has 0 aliphatic carbocycles. The smallest absolute Gasteiger partial charge is 0.261 e. The lowest BCUT2D eigenvalue weighted by Gasteiger charge is -2.44. The minimum atomic E-state index is -2.74. The molecule has 1 fully saturated rings. The normalized spacial score (nSPS) is 25.3. The van der Waals surface area contributed by atoms with Crippen LogP contribution in [-0.2, 0) is 13.9 Å². The first-order valence-corrected chi connectivity index (χ1v) is 11.9. The second-order valence-electron chi connectivity index (χ2n) is 8.73. The number of rotatable bonds is 7. The highest BCUT2D eigenvalue weighted by atomic mass is 28.4. The summed E-state index contributed by atoms with van der Waals surface area (Å²) in [6.07, 6.45) is -1.01. The van der Waals surface area contributed by atoms with Gasteiger partial charge in [0.2, 0.25) is 0 Å². The summed E-state index contributed by atoms with van der Waals surface area (Å²) in [5.41, 5.74) is -1.38. The highest BCUT2D eigenvalue weighted by Crippen LogP contribution is 2.38. The molecule has 1 aliphatic rings. The Hall–Kier alpha value is -1.54. The number of hydrogen-bond acceptors (Lipinski definition) is 5. The highest BCUT2D eigenvalue weighted by molar-refractivity contribution is 6.99. The second kappa shape index (κ2) is 8.68. The largest absolute Gasteiger partial charge is 0.405 e. The van der Waals surface area contributed by atoms with Gasteiger partial charge < -0.3 is 24.1 Å². The van der Waals surface area contributed by atoms with Gasteiger partial charge in [0.15, 0.2) is 6.29 Å². The first-order valence-electron chi connectivity index (χ1n) is 10.0. The van der Waals surface area contributed by atoms with Crippen LogP contribution in [0.1, 0.15) is 27.2 Å². The van der Waals surface area contributed by atoms with Crippen molar-refractivity contribution in [3.63, 3.8) is 0 Å². The molecule has 0 saturated carbocycles. The molecule has 1 aliphatic heterocycles. The van der Waals surface area contributed by atoms with Crippen molar-refractivity contribution in [2.45, 2.75) is 50.2 Å². The molecule has 0 amide bonds. The van der Waals surface area contributed by atoms with Gasteiger partial charge in [-0.15, -0.1) is 0 Å². The predicted molar refractivity (Wildman–Crippen MR) is 116 cm³/mol. The number of ether oxygens (including phenoxy) is 2. The lowest BCUT2D eigenvalue weighted by Crippen LogP contribution is -2.67. The van der Waals surface area contributed by atoms with Crippen molar-refractivity contribution in [3.05, 3.63) is 60.7 Å². The summed E-state index contributed by atoms with van der Waals surface area (Å²) in [5, 5.41) is 22.8. The minimum Gasteiger partial charge on any atom is -0.405 e. The molecule has 0 unspecified atom stereocenters. The molecule has 1 saturated heterocycles. The first kappa shape index (κ1) is 22.1. The van der Waals surface area contributed by atoms with Gasteiger partial charge in [-0.3, -0.25) is 0 Å². The van der Waals surface area contributed by atoms with E-state index in [9.17, 15) is 10.2 Å². The summed E-state index contributed by atoms with van der Waals surface area (Å²) in [6.45, 7) is 6.37. The van der Waals surface area contributed by atoms with Gasteiger partial charge in [-0.2, -0.15) is 0 Å². The summed E-state index contributed by atoms with van der Waals surface area (Å²) in [4.78, 5) is 0. The third-order valence-electron chi connectivity index (χ3n) is 5.84. The maximum Gasteiger partial charge on any atom is 0.261 e. The molecular formula is C23H32O5Si. The maximum atomic E-state index is 10.9. The van der Waals surface area contributed by atoms with E-state index in [4.69, 9.17) is 13.9 Å². The molecule has 5 nitrogen and oxygen atoms in total. The summed E-state index contributed by atoms with van der Waals surface area (Å²) < 4.78 is 18.0. The Balaban J connectivity index is 2.03. The van der Waals surface area contributed by atoms with E-state index in [1.165, 1.54) is 7.11 Å². The SMILES string of the molecule is CO[C@@H]1C[C@](O)(CO)[C@@H](CO[Si](c2ccccc2)(c2ccccc2)C(C)(C)C)O1. The van der Waals surface area contributed by atoms with Gasteiger partial charge in [0.1, 0.15) is 11.7 Å². The van der Waals surface area contributed by atoms with Crippen LogP contribution < -0.4 is 10.4 Å². The van der Waals surface area contributed by atoms with E-state index in [1.807, 2.05) is 36.4 Å². The molecule has 2 aromatic rings. The van der Waals surface area contributed by atoms with Gasteiger partial charge in [-0.05, 0) is 15.4 Å². The number of methoxy groups -OCH3 is 1. The van der Waals surface area contributed by atoms with Crippen molar-refractivity contribution in [3.8, 4) is 0 Å². The highest BCUT2D eigenvalue weighted by Gasteiger charge is 2.53. The van der Waals surface area contributed by atoms with Crippen molar-refractivity contribution in [2.24, 2.45) is 0 Å². The molecule has 2 aromatic carbocycles. The van der Waals surface area contributed by atoms with Crippen LogP contribution in [0.15, 0.2) is 60.7 Å². The molecule has 0 aromatic heterocycles. The lowest BCUT2D eigenvalue weighted by atomic mass is 9.97. The summed E-state index contributed by atoms with van der Waals surface area (Å²) in [6, 6.07) is 20.6. The molecule has 3 rings (SSSR count). The van der Waals surface area contributed by atoms with Gasteiger partial charge in [-0.1, -0.05) is 81.4 Å². The average molecular weight is 417 g/mol. The molecule has 2 N–H and O–H groups in total. The van der Waals surface area contributed by atoms with Gasteiger partial charge in [0.05, 0.1) is 13.2 Å². The number of aliphatic hydroxyl groups excluding tert-OH is 1. The molecule has 158 valence electrons. The van der Waals surface area contributed by atoms with Crippen molar-refractivity contribution in [2.75, 3.05) is 20.3 Å². The van der Waals surface area contributed by atoms with Crippen LogP contribution in [0.4, 0.5) is 0 Å². The first-order chi connectivity index (χ1) is 13.8. The van der Waals surface area contributed by atoms with Crippen LogP contribution in [0, 0.1) is 0 Å². The molecule has 0 bridgehead atoms. The molecule has 0 radical (unpaired) electrons. The van der Waals surface area contributed by atoms with E-state index in [0.717, 1.165) is 10.4 Å². The predicted octanol–water partition coefficient (Wildman–Crippen LogP) is 2.05. The van der Waals surface area contributed by atoms with Gasteiger partial charge in [0.25, 0.3) is 8.32 Å². The number of hydrogen-bond donors (Lipinski definition) is 2. The monoisotopic (exact) mass is 416 g/mol. The quantitative estimate of drug-likeness (QED) is 0.676. The molecule has 29 heavy (non-hydrogen) atoms. The van der Waals surface area contributed by atoms with Crippen LogP contribution in [0.5, 0.6) is 0 Å². The van der Waals surface area contributed by atoms with E-state index in [0.29, 0.717) is 0 Å². The number of benzene rings is 2. The van der Waals surface area contributed by atoms with E-state index in [-0.39, 0.29) is 18.1 Å². The summed E-state index contributed by atoms with van der Waals surface area (Å²) in [5.74, 6) is 0. The van der Waals surface area contributed by atoms with Crippen molar-refractivity contribution < 1.29 is 24.1 Å². The Kier molecular flexibility index (Phi) is 6.63. The van der Waals surface area contributed by atoms with Gasteiger partial charge in [0, 0.05) is 13.5 Å². The third kappa shape index (κ3) is 4.19. The summed E-state index contributed by atoms with van der Waals surface area (Å²) >= 11 is 0. The van der Waals surface area contributed by atoms with Crippen LogP contribution in [0.3, 0.4) is 0 Å². The fourth-order valence-electron chi connectivity index (χ4n) is 4.24. The van der Waals surface area contributed by atoms with Crippen LogP contribution in [0.2, 0.25) is 5.04 Å². The van der Waals surface area contributed by atoms with Crippen LogP contribution >= 0.6 is 0 Å². The fourth-order valence-corrected chi connectivity index (χ4v) is 8.80. The van der Waals surface area contributed by atoms with Crippen molar-refractivity contribution >= 4 is 18.7 Å².